The quantitative estimate of drug-likeness (QED) is 0.585. The molecule has 0 radical (unpaired) electrons. The van der Waals surface area contributed by atoms with Crippen molar-refractivity contribution in [3.05, 3.63) is 90.6 Å². The average molecular weight is 376 g/mol. The highest BCUT2D eigenvalue weighted by Crippen LogP contribution is 2.33. The van der Waals surface area contributed by atoms with Crippen LogP contribution >= 0.6 is 11.8 Å². The molecule has 27 heavy (non-hydrogen) atoms. The lowest BCUT2D eigenvalue weighted by atomic mass is 10.2. The molecule has 3 aromatic rings. The van der Waals surface area contributed by atoms with E-state index in [1.165, 1.54) is 0 Å². The Bertz CT molecular complexity index is 926. The monoisotopic (exact) mass is 376 g/mol. The summed E-state index contributed by atoms with van der Waals surface area (Å²) in [5.74, 6) is 0.751. The van der Waals surface area contributed by atoms with E-state index in [1.54, 1.807) is 31.1 Å². The van der Waals surface area contributed by atoms with Gasteiger partial charge in [0.2, 0.25) is 0 Å². The largest absolute Gasteiger partial charge is 0.496 e. The summed E-state index contributed by atoms with van der Waals surface area (Å²) in [7, 11) is 1.62. The summed E-state index contributed by atoms with van der Waals surface area (Å²) in [6.45, 7) is 0. The topological polar surface area (TPSA) is 50.4 Å². The lowest BCUT2D eigenvalue weighted by Gasteiger charge is -2.10. The fraction of sp³-hybridized carbons (Fsp3) is 0.0455. The highest BCUT2D eigenvalue weighted by Gasteiger charge is 2.07. The van der Waals surface area contributed by atoms with Crippen molar-refractivity contribution in [2.45, 2.75) is 9.79 Å². The van der Waals surface area contributed by atoms with Crippen LogP contribution in [0.3, 0.4) is 0 Å². The molecule has 2 N–H and O–H groups in total. The molecule has 2 amide bonds. The minimum atomic E-state index is -0.303. The van der Waals surface area contributed by atoms with E-state index in [-0.39, 0.29) is 6.03 Å². The highest BCUT2D eigenvalue weighted by atomic mass is 32.2. The van der Waals surface area contributed by atoms with Gasteiger partial charge in [0.25, 0.3) is 0 Å². The van der Waals surface area contributed by atoms with Crippen molar-refractivity contribution in [3.8, 4) is 5.75 Å². The molecule has 0 saturated carbocycles. The number of amides is 2. The minimum absolute atomic E-state index is 0.303. The van der Waals surface area contributed by atoms with Gasteiger partial charge < -0.3 is 15.4 Å². The number of urea groups is 1. The van der Waals surface area contributed by atoms with Gasteiger partial charge >= 0.3 is 6.03 Å². The first-order valence-electron chi connectivity index (χ1n) is 8.45. The predicted octanol–water partition coefficient (Wildman–Crippen LogP) is 5.64. The second-order valence-electron chi connectivity index (χ2n) is 5.59. The summed E-state index contributed by atoms with van der Waals surface area (Å²) in [5.41, 5.74) is 1.65. The molecule has 0 fully saturated rings. The van der Waals surface area contributed by atoms with Crippen molar-refractivity contribution in [2.24, 2.45) is 0 Å². The molecule has 0 heterocycles. The van der Waals surface area contributed by atoms with Crippen LogP contribution in [-0.2, 0) is 0 Å². The summed E-state index contributed by atoms with van der Waals surface area (Å²) in [6.07, 6.45) is 3.39. The molecule has 136 valence electrons. The van der Waals surface area contributed by atoms with Gasteiger partial charge in [-0.25, -0.2) is 4.79 Å². The predicted molar refractivity (Wildman–Crippen MR) is 111 cm³/mol. The maximum atomic E-state index is 12.2. The third kappa shape index (κ3) is 5.39. The molecule has 3 rings (SSSR count). The van der Waals surface area contributed by atoms with Gasteiger partial charge in [-0.05, 0) is 36.4 Å². The first-order chi connectivity index (χ1) is 13.3. The van der Waals surface area contributed by atoms with Crippen LogP contribution in [0.1, 0.15) is 5.56 Å². The summed E-state index contributed by atoms with van der Waals surface area (Å²) in [6, 6.07) is 25.1. The van der Waals surface area contributed by atoms with Crippen LogP contribution in [0.25, 0.3) is 6.08 Å². The first-order valence-corrected chi connectivity index (χ1v) is 9.27. The lowest BCUT2D eigenvalue weighted by Crippen LogP contribution is -2.24. The molecule has 0 aliphatic rings. The van der Waals surface area contributed by atoms with Gasteiger partial charge in [-0.15, -0.1) is 0 Å². The van der Waals surface area contributed by atoms with Crippen molar-refractivity contribution in [1.82, 2.24) is 5.32 Å². The molecule has 4 nitrogen and oxygen atoms in total. The zero-order valence-electron chi connectivity index (χ0n) is 14.9. The van der Waals surface area contributed by atoms with E-state index >= 15 is 0 Å². The van der Waals surface area contributed by atoms with E-state index < -0.39 is 0 Å². The molecule has 0 unspecified atom stereocenters. The smallest absolute Gasteiger partial charge is 0.323 e. The lowest BCUT2D eigenvalue weighted by molar-refractivity contribution is 0.255. The summed E-state index contributed by atoms with van der Waals surface area (Å²) in [4.78, 5) is 14.3. The summed E-state index contributed by atoms with van der Waals surface area (Å²) >= 11 is 1.60. The zero-order valence-corrected chi connectivity index (χ0v) is 15.7. The molecule has 3 aromatic carbocycles. The minimum Gasteiger partial charge on any atom is -0.496 e. The molecule has 0 saturated heterocycles. The van der Waals surface area contributed by atoms with Gasteiger partial charge in [0.05, 0.1) is 12.8 Å². The average Bonchev–Trinajstić information content (AvgIpc) is 2.70. The van der Waals surface area contributed by atoms with Crippen LogP contribution in [0.5, 0.6) is 5.75 Å². The number of methoxy groups -OCH3 is 1. The van der Waals surface area contributed by atoms with Crippen LogP contribution in [0, 0.1) is 0 Å². The van der Waals surface area contributed by atoms with Crippen LogP contribution in [0.2, 0.25) is 0 Å². The van der Waals surface area contributed by atoms with Crippen LogP contribution in [0.4, 0.5) is 10.5 Å². The van der Waals surface area contributed by atoms with Gasteiger partial charge in [0.15, 0.2) is 0 Å². The standard InChI is InChI=1S/C22H20N2O2S/c1-26-20-13-7-5-9-17(20)15-16-23-22(25)24-19-12-6-8-14-21(19)27-18-10-3-2-4-11-18/h2-16H,1H3,(H2,23,24,25)/b16-15+. The zero-order chi connectivity index (χ0) is 18.9. The molecule has 0 aliphatic heterocycles. The Balaban J connectivity index is 1.63. The molecular weight excluding hydrogens is 356 g/mol. The van der Waals surface area contributed by atoms with E-state index in [9.17, 15) is 4.79 Å². The van der Waals surface area contributed by atoms with Crippen molar-refractivity contribution < 1.29 is 9.53 Å². The van der Waals surface area contributed by atoms with Gasteiger partial charge in [0, 0.05) is 21.6 Å². The van der Waals surface area contributed by atoms with Crippen LogP contribution < -0.4 is 15.4 Å². The number of nitrogens with one attached hydrogen (secondary N) is 2. The van der Waals surface area contributed by atoms with E-state index in [0.29, 0.717) is 0 Å². The Hall–Kier alpha value is -3.18. The number of hydrogen-bond donors (Lipinski definition) is 2. The van der Waals surface area contributed by atoms with E-state index in [4.69, 9.17) is 4.74 Å². The number of carbonyl (C=O) groups excluding carboxylic acids is 1. The second kappa shape index (κ2) is 9.50. The van der Waals surface area contributed by atoms with Crippen molar-refractivity contribution >= 4 is 29.6 Å². The van der Waals surface area contributed by atoms with Crippen LogP contribution in [-0.4, -0.2) is 13.1 Å². The molecular formula is C22H20N2O2S. The highest BCUT2D eigenvalue weighted by molar-refractivity contribution is 7.99. The van der Waals surface area contributed by atoms with Gasteiger partial charge in [0.1, 0.15) is 5.75 Å². The van der Waals surface area contributed by atoms with Crippen LogP contribution in [0.15, 0.2) is 94.9 Å². The number of para-hydroxylation sites is 2. The van der Waals surface area contributed by atoms with E-state index in [2.05, 4.69) is 10.6 Å². The first kappa shape index (κ1) is 18.6. The van der Waals surface area contributed by atoms with E-state index in [0.717, 1.165) is 26.8 Å². The normalized spacial score (nSPS) is 10.6. The Morgan fingerprint density at radius 3 is 2.44 bits per heavy atom. The molecule has 0 aromatic heterocycles. The van der Waals surface area contributed by atoms with Crippen molar-refractivity contribution in [3.63, 3.8) is 0 Å². The Morgan fingerprint density at radius 1 is 0.926 bits per heavy atom. The van der Waals surface area contributed by atoms with Crippen molar-refractivity contribution in [2.75, 3.05) is 12.4 Å². The number of rotatable bonds is 6. The SMILES string of the molecule is COc1ccccc1/C=C/NC(=O)Nc1ccccc1Sc1ccccc1. The third-order valence-corrected chi connectivity index (χ3v) is 4.81. The third-order valence-electron chi connectivity index (χ3n) is 3.72. The second-order valence-corrected chi connectivity index (χ2v) is 6.70. The number of carbonyl (C=O) groups is 1. The number of ether oxygens (including phenoxy) is 1. The Morgan fingerprint density at radius 2 is 1.63 bits per heavy atom. The molecule has 0 spiro atoms. The van der Waals surface area contributed by atoms with Gasteiger partial charge in [-0.2, -0.15) is 0 Å². The number of benzene rings is 3. The van der Waals surface area contributed by atoms with Gasteiger partial charge in [-0.1, -0.05) is 60.3 Å². The maximum Gasteiger partial charge on any atom is 0.323 e. The molecule has 0 bridgehead atoms. The Labute approximate surface area is 163 Å². The number of hydrogen-bond acceptors (Lipinski definition) is 3. The summed E-state index contributed by atoms with van der Waals surface area (Å²) < 4.78 is 5.29. The Kier molecular flexibility index (Phi) is 6.55. The maximum absolute atomic E-state index is 12.2. The van der Waals surface area contributed by atoms with E-state index in [1.807, 2.05) is 78.9 Å². The summed E-state index contributed by atoms with van der Waals surface area (Å²) in [5, 5.41) is 5.62. The fourth-order valence-electron chi connectivity index (χ4n) is 2.44. The van der Waals surface area contributed by atoms with Gasteiger partial charge in [-0.3, -0.25) is 0 Å². The van der Waals surface area contributed by atoms with Crippen molar-refractivity contribution in [1.29, 1.82) is 0 Å². The number of anilines is 1. The fourth-order valence-corrected chi connectivity index (χ4v) is 3.37. The molecule has 5 heteroatoms. The molecule has 0 atom stereocenters. The molecule has 0 aliphatic carbocycles.